The van der Waals surface area contributed by atoms with E-state index in [9.17, 15) is 9.18 Å². The lowest BCUT2D eigenvalue weighted by molar-refractivity contribution is 0.249. The summed E-state index contributed by atoms with van der Waals surface area (Å²) in [6.07, 6.45) is 3.45. The molecule has 0 spiro atoms. The molecule has 2 rings (SSSR count). The second kappa shape index (κ2) is 6.35. The van der Waals surface area contributed by atoms with Crippen molar-refractivity contribution in [3.8, 4) is 0 Å². The molecule has 1 heterocycles. The van der Waals surface area contributed by atoms with Crippen molar-refractivity contribution in [3.05, 3.63) is 30.1 Å². The summed E-state index contributed by atoms with van der Waals surface area (Å²) in [5.74, 6) is -0.427. The molecule has 18 heavy (non-hydrogen) atoms. The molecule has 0 aromatic heterocycles. The van der Waals surface area contributed by atoms with Crippen LogP contribution < -0.4 is 16.0 Å². The Hall–Kier alpha value is -1.62. The second-order valence-electron chi connectivity index (χ2n) is 4.46. The van der Waals surface area contributed by atoms with Crippen molar-refractivity contribution in [2.75, 3.05) is 18.4 Å². The Morgan fingerprint density at radius 1 is 1.39 bits per heavy atom. The average molecular weight is 251 g/mol. The summed E-state index contributed by atoms with van der Waals surface area (Å²) in [5, 5.41) is 8.58. The van der Waals surface area contributed by atoms with Crippen molar-refractivity contribution >= 4 is 11.7 Å². The minimum Gasteiger partial charge on any atom is -0.336 e. The summed E-state index contributed by atoms with van der Waals surface area (Å²) in [5.41, 5.74) is 0.201. The van der Waals surface area contributed by atoms with E-state index in [1.807, 2.05) is 0 Å². The van der Waals surface area contributed by atoms with Crippen molar-refractivity contribution in [3.63, 3.8) is 0 Å². The molecule has 0 aliphatic carbocycles. The van der Waals surface area contributed by atoms with E-state index in [1.54, 1.807) is 12.1 Å². The molecule has 1 saturated heterocycles. The Morgan fingerprint density at radius 2 is 2.22 bits per heavy atom. The summed E-state index contributed by atoms with van der Waals surface area (Å²) in [6, 6.07) is 6.08. The number of urea groups is 1. The molecular formula is C13H18FN3O. The largest absolute Gasteiger partial charge is 0.336 e. The first-order chi connectivity index (χ1) is 8.75. The van der Waals surface area contributed by atoms with E-state index in [1.165, 1.54) is 25.0 Å². The zero-order valence-corrected chi connectivity index (χ0v) is 10.2. The number of halogens is 1. The summed E-state index contributed by atoms with van der Waals surface area (Å²) in [6.45, 7) is 1.57. The number of carbonyl (C=O) groups excluding carboxylic acids is 1. The van der Waals surface area contributed by atoms with Crippen LogP contribution in [0.4, 0.5) is 14.9 Å². The van der Waals surface area contributed by atoms with Gasteiger partial charge in [-0.2, -0.15) is 0 Å². The molecule has 1 aliphatic heterocycles. The van der Waals surface area contributed by atoms with Crippen molar-refractivity contribution in [2.45, 2.75) is 25.3 Å². The molecule has 1 aromatic carbocycles. The predicted molar refractivity (Wildman–Crippen MR) is 69.1 cm³/mol. The van der Waals surface area contributed by atoms with Crippen LogP contribution in [-0.4, -0.2) is 25.2 Å². The Balaban J connectivity index is 1.76. The third kappa shape index (κ3) is 3.70. The normalized spacial score (nSPS) is 19.3. The van der Waals surface area contributed by atoms with Crippen LogP contribution in [0.1, 0.15) is 19.3 Å². The first-order valence-corrected chi connectivity index (χ1v) is 6.28. The zero-order valence-electron chi connectivity index (χ0n) is 10.2. The molecule has 3 N–H and O–H groups in total. The van der Waals surface area contributed by atoms with Gasteiger partial charge in [-0.1, -0.05) is 18.6 Å². The Labute approximate surface area is 106 Å². The summed E-state index contributed by atoms with van der Waals surface area (Å²) < 4.78 is 13.3. The third-order valence-corrected chi connectivity index (χ3v) is 3.04. The van der Waals surface area contributed by atoms with Gasteiger partial charge in [-0.15, -0.1) is 0 Å². The van der Waals surface area contributed by atoms with Gasteiger partial charge in [0.25, 0.3) is 0 Å². The molecule has 98 valence electrons. The molecule has 0 saturated carbocycles. The van der Waals surface area contributed by atoms with Crippen LogP contribution >= 0.6 is 0 Å². The molecule has 0 radical (unpaired) electrons. The molecule has 1 atom stereocenters. The number of carbonyl (C=O) groups is 1. The third-order valence-electron chi connectivity index (χ3n) is 3.04. The molecule has 1 unspecified atom stereocenters. The number of rotatable bonds is 3. The number of amides is 2. The van der Waals surface area contributed by atoms with Crippen LogP contribution in [0.25, 0.3) is 0 Å². The van der Waals surface area contributed by atoms with Crippen molar-refractivity contribution in [1.29, 1.82) is 0 Å². The van der Waals surface area contributed by atoms with Gasteiger partial charge in [-0.05, 0) is 31.5 Å². The fourth-order valence-electron chi connectivity index (χ4n) is 2.04. The Kier molecular flexibility index (Phi) is 4.52. The summed E-state index contributed by atoms with van der Waals surface area (Å²) in [7, 11) is 0. The van der Waals surface area contributed by atoms with E-state index in [-0.39, 0.29) is 11.7 Å². The summed E-state index contributed by atoms with van der Waals surface area (Å²) >= 11 is 0. The van der Waals surface area contributed by atoms with Gasteiger partial charge in [0.15, 0.2) is 0 Å². The maximum atomic E-state index is 13.3. The van der Waals surface area contributed by atoms with Crippen LogP contribution in [0.2, 0.25) is 0 Å². The smallest absolute Gasteiger partial charge is 0.319 e. The van der Waals surface area contributed by atoms with Gasteiger partial charge in [-0.3, -0.25) is 0 Å². The molecule has 1 fully saturated rings. The number of hydrogen-bond donors (Lipinski definition) is 3. The van der Waals surface area contributed by atoms with Gasteiger partial charge in [0.2, 0.25) is 0 Å². The minimum atomic E-state index is -0.427. The van der Waals surface area contributed by atoms with Crippen LogP contribution in [0.15, 0.2) is 24.3 Å². The first kappa shape index (κ1) is 12.8. The van der Waals surface area contributed by atoms with Crippen molar-refractivity contribution < 1.29 is 9.18 Å². The number of benzene rings is 1. The Morgan fingerprint density at radius 3 is 2.94 bits per heavy atom. The highest BCUT2D eigenvalue weighted by atomic mass is 19.1. The van der Waals surface area contributed by atoms with E-state index in [4.69, 9.17) is 0 Å². The quantitative estimate of drug-likeness (QED) is 0.770. The minimum absolute atomic E-state index is 0.201. The van der Waals surface area contributed by atoms with E-state index in [0.29, 0.717) is 12.6 Å². The molecule has 1 aliphatic rings. The van der Waals surface area contributed by atoms with E-state index < -0.39 is 5.82 Å². The van der Waals surface area contributed by atoms with Gasteiger partial charge in [-0.25, -0.2) is 9.18 Å². The number of para-hydroxylation sites is 1. The average Bonchev–Trinajstić information content (AvgIpc) is 2.40. The lowest BCUT2D eigenvalue weighted by atomic mass is 10.1. The molecule has 1 aromatic rings. The fourth-order valence-corrected chi connectivity index (χ4v) is 2.04. The molecular weight excluding hydrogens is 233 g/mol. The maximum absolute atomic E-state index is 13.3. The van der Waals surface area contributed by atoms with Crippen molar-refractivity contribution in [2.24, 2.45) is 0 Å². The van der Waals surface area contributed by atoms with Gasteiger partial charge in [0.1, 0.15) is 5.82 Å². The maximum Gasteiger partial charge on any atom is 0.319 e. The summed E-state index contributed by atoms with van der Waals surface area (Å²) in [4.78, 5) is 11.6. The molecule has 0 bridgehead atoms. The lowest BCUT2D eigenvalue weighted by Crippen LogP contribution is -2.44. The van der Waals surface area contributed by atoms with Crippen LogP contribution in [0.5, 0.6) is 0 Å². The number of nitrogens with one attached hydrogen (secondary N) is 3. The predicted octanol–water partition coefficient (Wildman–Crippen LogP) is 2.09. The number of anilines is 1. The first-order valence-electron chi connectivity index (χ1n) is 6.28. The van der Waals surface area contributed by atoms with Crippen LogP contribution in [0, 0.1) is 5.82 Å². The Bertz CT molecular complexity index is 405. The van der Waals surface area contributed by atoms with Crippen molar-refractivity contribution in [1.82, 2.24) is 10.6 Å². The van der Waals surface area contributed by atoms with E-state index in [0.717, 1.165) is 13.0 Å². The van der Waals surface area contributed by atoms with E-state index in [2.05, 4.69) is 16.0 Å². The van der Waals surface area contributed by atoms with Gasteiger partial charge >= 0.3 is 6.03 Å². The van der Waals surface area contributed by atoms with Gasteiger partial charge in [0.05, 0.1) is 5.69 Å². The highest BCUT2D eigenvalue weighted by molar-refractivity contribution is 5.89. The number of piperidine rings is 1. The SMILES string of the molecule is O=C(NCC1CCCCN1)Nc1ccccc1F. The standard InChI is InChI=1S/C13H18FN3O/c14-11-6-1-2-7-12(11)17-13(18)16-9-10-5-3-4-8-15-10/h1-2,6-7,10,15H,3-5,8-9H2,(H2,16,17,18). The topological polar surface area (TPSA) is 53.2 Å². The van der Waals surface area contributed by atoms with E-state index >= 15 is 0 Å². The van der Waals surface area contributed by atoms with Crippen LogP contribution in [0.3, 0.4) is 0 Å². The highest BCUT2D eigenvalue weighted by Crippen LogP contribution is 2.12. The molecule has 4 nitrogen and oxygen atoms in total. The second-order valence-corrected chi connectivity index (χ2v) is 4.46. The van der Waals surface area contributed by atoms with Gasteiger partial charge < -0.3 is 16.0 Å². The number of hydrogen-bond acceptors (Lipinski definition) is 2. The highest BCUT2D eigenvalue weighted by Gasteiger charge is 2.13. The monoisotopic (exact) mass is 251 g/mol. The van der Waals surface area contributed by atoms with Gasteiger partial charge in [0, 0.05) is 12.6 Å². The zero-order chi connectivity index (χ0) is 12.8. The lowest BCUT2D eigenvalue weighted by Gasteiger charge is -2.23. The molecule has 2 amide bonds. The fraction of sp³-hybridized carbons (Fsp3) is 0.462. The van der Waals surface area contributed by atoms with Crippen LogP contribution in [-0.2, 0) is 0 Å². The molecule has 5 heteroatoms.